The number of aliphatic hydroxyl groups excluding tert-OH is 1. The summed E-state index contributed by atoms with van der Waals surface area (Å²) in [6.07, 6.45) is -0.584. The highest BCUT2D eigenvalue weighted by Crippen LogP contribution is 2.13. The summed E-state index contributed by atoms with van der Waals surface area (Å²) in [6.45, 7) is -0.906. The molecule has 2 aromatic rings. The predicted octanol–water partition coefficient (Wildman–Crippen LogP) is -1.99. The molecule has 40 heavy (non-hydrogen) atoms. The number of aliphatic hydroxyl groups is 1. The molecule has 0 radical (unpaired) electrons. The zero-order chi connectivity index (χ0) is 29.8. The Labute approximate surface area is 229 Å². The van der Waals surface area contributed by atoms with Crippen LogP contribution in [-0.2, 0) is 36.8 Å². The number of carbonyl (C=O) groups is 5. The van der Waals surface area contributed by atoms with Crippen LogP contribution < -0.4 is 27.4 Å². The number of aromatic hydroxyl groups is 2. The number of hydrogen-bond acceptors (Lipinski definition) is 9. The summed E-state index contributed by atoms with van der Waals surface area (Å²) in [7, 11) is 0. The van der Waals surface area contributed by atoms with E-state index >= 15 is 0 Å². The maximum Gasteiger partial charge on any atom is 0.328 e. The minimum absolute atomic E-state index is 0.0320. The molecule has 0 aromatic heterocycles. The molecule has 0 aliphatic heterocycles. The summed E-state index contributed by atoms with van der Waals surface area (Å²) >= 11 is 0. The fourth-order valence-electron chi connectivity index (χ4n) is 3.62. The van der Waals surface area contributed by atoms with Crippen molar-refractivity contribution in [3.05, 3.63) is 59.7 Å². The molecule has 4 atom stereocenters. The van der Waals surface area contributed by atoms with Crippen molar-refractivity contribution in [3.63, 3.8) is 0 Å². The lowest BCUT2D eigenvalue weighted by Crippen LogP contribution is -2.58. The Morgan fingerprint density at radius 3 is 1.62 bits per heavy atom. The van der Waals surface area contributed by atoms with E-state index in [1.165, 1.54) is 36.4 Å². The van der Waals surface area contributed by atoms with Crippen LogP contribution in [0.4, 0.5) is 0 Å². The van der Waals surface area contributed by atoms with Gasteiger partial charge in [-0.15, -0.1) is 0 Å². The number of primary amides is 1. The Bertz CT molecular complexity index is 1190. The summed E-state index contributed by atoms with van der Waals surface area (Å²) in [5.41, 5.74) is 12.3. The van der Waals surface area contributed by atoms with Gasteiger partial charge in [-0.05, 0) is 48.2 Å². The number of nitrogens with one attached hydrogen (secondary N) is 3. The highest BCUT2D eigenvalue weighted by atomic mass is 16.4. The van der Waals surface area contributed by atoms with Crippen LogP contribution in [0.15, 0.2) is 48.5 Å². The molecule has 11 N–H and O–H groups in total. The molecule has 4 unspecified atom stereocenters. The van der Waals surface area contributed by atoms with Crippen LogP contribution in [0, 0.1) is 0 Å². The molecule has 0 spiro atoms. The lowest BCUT2D eigenvalue weighted by atomic mass is 10.0. The van der Waals surface area contributed by atoms with Crippen LogP contribution in [0.5, 0.6) is 11.5 Å². The quantitative estimate of drug-likeness (QED) is 0.116. The molecule has 216 valence electrons. The van der Waals surface area contributed by atoms with Crippen molar-refractivity contribution in [2.45, 2.75) is 49.9 Å². The van der Waals surface area contributed by atoms with Gasteiger partial charge in [0.1, 0.15) is 29.6 Å². The minimum Gasteiger partial charge on any atom is -0.508 e. The van der Waals surface area contributed by atoms with Crippen LogP contribution in [0.2, 0.25) is 0 Å². The lowest BCUT2D eigenvalue weighted by Gasteiger charge is -2.25. The van der Waals surface area contributed by atoms with Crippen molar-refractivity contribution in [2.75, 3.05) is 6.61 Å². The van der Waals surface area contributed by atoms with Crippen LogP contribution in [-0.4, -0.2) is 80.8 Å². The zero-order valence-electron chi connectivity index (χ0n) is 21.4. The van der Waals surface area contributed by atoms with E-state index in [1.54, 1.807) is 12.1 Å². The summed E-state index contributed by atoms with van der Waals surface area (Å²) in [6, 6.07) is 6.21. The van der Waals surface area contributed by atoms with E-state index in [-0.39, 0.29) is 37.2 Å². The Balaban J connectivity index is 2.22. The van der Waals surface area contributed by atoms with Crippen molar-refractivity contribution in [3.8, 4) is 11.5 Å². The van der Waals surface area contributed by atoms with Crippen molar-refractivity contribution in [1.82, 2.24) is 16.0 Å². The van der Waals surface area contributed by atoms with Crippen molar-refractivity contribution >= 4 is 29.6 Å². The topological polar surface area (TPSA) is 254 Å². The standard InChI is InChI=1S/C26H33N5O9/c27-18(11-14-1-5-16(33)6-2-14)23(36)29-19(9-10-22(28)35)24(37)30-20(12-15-3-7-17(34)8-4-15)25(38)31-21(13-32)26(39)40/h1-8,18-21,32-34H,9-13,27H2,(H2,28,35)(H,29,36)(H,30,37)(H,31,38)(H,39,40). The van der Waals surface area contributed by atoms with Gasteiger partial charge >= 0.3 is 5.97 Å². The van der Waals surface area contributed by atoms with Crippen molar-refractivity contribution in [1.29, 1.82) is 0 Å². The third kappa shape index (κ3) is 10.2. The second kappa shape index (κ2) is 15.0. The first-order valence-corrected chi connectivity index (χ1v) is 12.2. The molecule has 14 nitrogen and oxygen atoms in total. The van der Waals surface area contributed by atoms with E-state index in [0.29, 0.717) is 11.1 Å². The average molecular weight is 560 g/mol. The maximum atomic E-state index is 13.2. The second-order valence-electron chi connectivity index (χ2n) is 9.06. The first kappa shape index (κ1) is 31.5. The van der Waals surface area contributed by atoms with E-state index in [0.717, 1.165) is 0 Å². The second-order valence-corrected chi connectivity index (χ2v) is 9.06. The van der Waals surface area contributed by atoms with Gasteiger partial charge in [-0.3, -0.25) is 19.2 Å². The molecule has 4 amide bonds. The normalized spacial score (nSPS) is 13.8. The number of nitrogens with two attached hydrogens (primary N) is 2. The minimum atomic E-state index is -1.64. The van der Waals surface area contributed by atoms with E-state index in [1.807, 2.05) is 0 Å². The number of phenols is 2. The molecule has 0 aliphatic carbocycles. The monoisotopic (exact) mass is 559 g/mol. The van der Waals surface area contributed by atoms with Crippen LogP contribution in [0.1, 0.15) is 24.0 Å². The molecule has 2 aromatic carbocycles. The van der Waals surface area contributed by atoms with Gasteiger partial charge in [0.25, 0.3) is 0 Å². The van der Waals surface area contributed by atoms with E-state index in [4.69, 9.17) is 11.5 Å². The van der Waals surface area contributed by atoms with Crippen molar-refractivity contribution in [2.24, 2.45) is 11.5 Å². The molecule has 0 saturated carbocycles. The maximum absolute atomic E-state index is 13.2. The van der Waals surface area contributed by atoms with Gasteiger partial charge in [-0.1, -0.05) is 24.3 Å². The number of hydrogen-bond donors (Lipinski definition) is 9. The Kier molecular flexibility index (Phi) is 11.9. The number of rotatable bonds is 15. The number of aliphatic carboxylic acids is 1. The number of amides is 4. The first-order chi connectivity index (χ1) is 18.9. The van der Waals surface area contributed by atoms with Gasteiger partial charge in [0.05, 0.1) is 12.6 Å². The molecule has 0 fully saturated rings. The van der Waals surface area contributed by atoms with Gasteiger partial charge in [-0.25, -0.2) is 4.79 Å². The third-order valence-corrected chi connectivity index (χ3v) is 5.85. The van der Waals surface area contributed by atoms with Crippen LogP contribution >= 0.6 is 0 Å². The number of carboxylic acid groups (broad SMARTS) is 1. The van der Waals surface area contributed by atoms with Gasteiger partial charge in [-0.2, -0.15) is 0 Å². The molecule has 0 saturated heterocycles. The van der Waals surface area contributed by atoms with Crippen LogP contribution in [0.3, 0.4) is 0 Å². The molecule has 0 heterocycles. The fraction of sp³-hybridized carbons (Fsp3) is 0.346. The van der Waals surface area contributed by atoms with Gasteiger partial charge in [0.2, 0.25) is 23.6 Å². The molecule has 0 aliphatic rings. The molecule has 14 heteroatoms. The molecule has 2 rings (SSSR count). The predicted molar refractivity (Wildman–Crippen MR) is 141 cm³/mol. The number of benzene rings is 2. The Hall–Kier alpha value is -4.69. The highest BCUT2D eigenvalue weighted by Gasteiger charge is 2.30. The summed E-state index contributed by atoms with van der Waals surface area (Å²) < 4.78 is 0. The van der Waals surface area contributed by atoms with Gasteiger partial charge in [0.15, 0.2) is 0 Å². The highest BCUT2D eigenvalue weighted by molar-refractivity contribution is 5.94. The smallest absolute Gasteiger partial charge is 0.328 e. The Morgan fingerprint density at radius 2 is 1.15 bits per heavy atom. The van der Waals surface area contributed by atoms with E-state index < -0.39 is 60.4 Å². The summed E-state index contributed by atoms with van der Waals surface area (Å²) in [4.78, 5) is 61.6. The lowest BCUT2D eigenvalue weighted by molar-refractivity contribution is -0.143. The zero-order valence-corrected chi connectivity index (χ0v) is 21.4. The average Bonchev–Trinajstić information content (AvgIpc) is 2.90. The Morgan fingerprint density at radius 1 is 0.700 bits per heavy atom. The SMILES string of the molecule is NC(=O)CCC(NC(=O)C(N)Cc1ccc(O)cc1)C(=O)NC(Cc1ccc(O)cc1)C(=O)NC(CO)C(=O)O. The first-order valence-electron chi connectivity index (χ1n) is 12.2. The third-order valence-electron chi connectivity index (χ3n) is 5.85. The van der Waals surface area contributed by atoms with Crippen LogP contribution in [0.25, 0.3) is 0 Å². The molecular weight excluding hydrogens is 526 g/mol. The summed E-state index contributed by atoms with van der Waals surface area (Å²) in [5.74, 6) is -4.80. The van der Waals surface area contributed by atoms with E-state index in [9.17, 15) is 44.4 Å². The van der Waals surface area contributed by atoms with Gasteiger partial charge < -0.3 is 47.8 Å². The van der Waals surface area contributed by atoms with Crippen molar-refractivity contribution < 1.29 is 44.4 Å². The fourth-order valence-corrected chi connectivity index (χ4v) is 3.62. The van der Waals surface area contributed by atoms with Gasteiger partial charge in [0, 0.05) is 12.8 Å². The summed E-state index contributed by atoms with van der Waals surface area (Å²) in [5, 5.41) is 44.4. The van der Waals surface area contributed by atoms with E-state index in [2.05, 4.69) is 16.0 Å². The molecular formula is C26H33N5O9. The molecule has 0 bridgehead atoms. The number of carboxylic acids is 1. The number of carbonyl (C=O) groups excluding carboxylic acids is 4. The number of phenolic OH excluding ortho intramolecular Hbond substituents is 2. The largest absolute Gasteiger partial charge is 0.508 e.